The van der Waals surface area contributed by atoms with Crippen LogP contribution in [0.3, 0.4) is 0 Å². The van der Waals surface area contributed by atoms with Crippen molar-refractivity contribution in [2.75, 3.05) is 6.26 Å². The number of imidazole rings is 2. The van der Waals surface area contributed by atoms with Gasteiger partial charge in [-0.1, -0.05) is 127 Å². The smallest absolute Gasteiger partial charge is 0.295 e. The lowest BCUT2D eigenvalue weighted by atomic mass is 10.1. The van der Waals surface area contributed by atoms with E-state index in [0.29, 0.717) is 27.2 Å². The molecule has 0 bridgehead atoms. The summed E-state index contributed by atoms with van der Waals surface area (Å²) in [5.41, 5.74) is 6.60. The zero-order valence-electron chi connectivity index (χ0n) is 33.8. The summed E-state index contributed by atoms with van der Waals surface area (Å²) < 4.78 is 101. The average molecular weight is 915 g/mol. The molecule has 6 nitrogen and oxygen atoms in total. The van der Waals surface area contributed by atoms with Crippen molar-refractivity contribution < 1.29 is 35.4 Å². The van der Waals surface area contributed by atoms with Crippen molar-refractivity contribution in [1.29, 1.82) is 0 Å². The van der Waals surface area contributed by atoms with Crippen LogP contribution in [0.1, 0.15) is 27.8 Å². The maximum atomic E-state index is 12.8. The van der Waals surface area contributed by atoms with Crippen LogP contribution in [-0.4, -0.2) is 34.5 Å². The zero-order valence-corrected chi connectivity index (χ0v) is 36.2. The van der Waals surface area contributed by atoms with E-state index >= 15 is 0 Å². The third-order valence-electron chi connectivity index (χ3n) is 9.61. The Kier molecular flexibility index (Phi) is 13.9. The molecule has 8 aromatic rings. The standard InChI is InChI=1S/C24H21F3N2O2S2.C24H19F3N2S/c1-33(30,31)21-9-5-8-20(14-21)29-15-22(18-6-3-2-4-7-18)28-23(29)32-16-17-10-12-19(13-11-17)24(25,26)27;1-17-6-5-9-21(14-17)29-15-22(19-7-3-2-4-8-19)28-23(29)30-16-18-10-12-20(13-11-18)24(25,26)27/h2-15,30-31H,16H2,1H3;2-15H,16H2,1H3. The molecule has 324 valence electrons. The third-order valence-corrected chi connectivity index (χ3v) is 12.8. The third kappa shape index (κ3) is 11.9. The second kappa shape index (κ2) is 19.4. The molecule has 0 fully saturated rings. The summed E-state index contributed by atoms with van der Waals surface area (Å²) in [6, 6.07) is 45.0. The van der Waals surface area contributed by atoms with Gasteiger partial charge in [0.15, 0.2) is 10.3 Å². The van der Waals surface area contributed by atoms with Gasteiger partial charge >= 0.3 is 12.4 Å². The Bertz CT molecular complexity index is 2750. The van der Waals surface area contributed by atoms with E-state index in [4.69, 9.17) is 9.97 Å². The largest absolute Gasteiger partial charge is 0.416 e. The average Bonchev–Trinajstić information content (AvgIpc) is 3.91. The molecular weight excluding hydrogens is 875 g/mol. The Morgan fingerprint density at radius 2 is 0.937 bits per heavy atom. The number of thioether (sulfide) groups is 2. The van der Waals surface area contributed by atoms with E-state index in [0.717, 1.165) is 74.3 Å². The number of hydrogen-bond donors (Lipinski definition) is 2. The lowest BCUT2D eigenvalue weighted by molar-refractivity contribution is -0.138. The van der Waals surface area contributed by atoms with Crippen LogP contribution in [-0.2, 0) is 23.9 Å². The van der Waals surface area contributed by atoms with E-state index in [1.165, 1.54) is 54.0 Å². The number of alkyl halides is 6. The lowest BCUT2D eigenvalue weighted by Crippen LogP contribution is -2.04. The number of nitrogens with zero attached hydrogens (tertiary/aromatic N) is 4. The molecule has 0 aliphatic carbocycles. The van der Waals surface area contributed by atoms with Gasteiger partial charge in [0.1, 0.15) is 0 Å². The SMILES string of the molecule is CS(O)(O)c1cccc(-n2cc(-c3ccccc3)nc2SCc2ccc(C(F)(F)F)cc2)c1.Cc1cccc(-n2cc(-c3ccccc3)nc2SCc2ccc(C(F)(F)F)cc2)c1. The van der Waals surface area contributed by atoms with Gasteiger partial charge < -0.3 is 0 Å². The molecule has 2 aromatic heterocycles. The van der Waals surface area contributed by atoms with E-state index < -0.39 is 34.1 Å². The summed E-state index contributed by atoms with van der Waals surface area (Å²) in [7, 11) is -2.90. The number of benzene rings is 6. The van der Waals surface area contributed by atoms with Gasteiger partial charge in [-0.3, -0.25) is 18.2 Å². The highest BCUT2D eigenvalue weighted by Gasteiger charge is 2.31. The van der Waals surface area contributed by atoms with E-state index in [9.17, 15) is 35.4 Å². The Labute approximate surface area is 371 Å². The highest BCUT2D eigenvalue weighted by molar-refractivity contribution is 8.23. The van der Waals surface area contributed by atoms with Crippen LogP contribution in [0.2, 0.25) is 0 Å². The van der Waals surface area contributed by atoms with Gasteiger partial charge in [-0.25, -0.2) is 9.97 Å². The fourth-order valence-electron chi connectivity index (χ4n) is 6.32. The Morgan fingerprint density at radius 3 is 1.33 bits per heavy atom. The highest BCUT2D eigenvalue weighted by atomic mass is 32.3. The molecule has 2 N–H and O–H groups in total. The van der Waals surface area contributed by atoms with Crippen molar-refractivity contribution in [2.24, 2.45) is 0 Å². The molecule has 0 radical (unpaired) electrons. The van der Waals surface area contributed by atoms with Gasteiger partial charge in [0.05, 0.1) is 27.4 Å². The monoisotopic (exact) mass is 914 g/mol. The normalized spacial score (nSPS) is 12.2. The van der Waals surface area contributed by atoms with Crippen LogP contribution in [0.25, 0.3) is 33.9 Å². The molecule has 0 unspecified atom stereocenters. The van der Waals surface area contributed by atoms with Crippen LogP contribution in [0.4, 0.5) is 26.3 Å². The maximum Gasteiger partial charge on any atom is 0.416 e. The topological polar surface area (TPSA) is 76.1 Å². The molecule has 0 saturated heterocycles. The van der Waals surface area contributed by atoms with Crippen LogP contribution >= 0.6 is 34.1 Å². The zero-order chi connectivity index (χ0) is 44.8. The minimum Gasteiger partial charge on any atom is -0.295 e. The Balaban J connectivity index is 0.000000190. The molecular formula is C48H40F6N4O2S3. The molecule has 2 heterocycles. The minimum atomic E-state index is -4.37. The molecule has 0 atom stereocenters. The summed E-state index contributed by atoms with van der Waals surface area (Å²) >= 11 is 2.89. The molecule has 0 amide bonds. The fraction of sp³-hybridized carbons (Fsp3) is 0.125. The van der Waals surface area contributed by atoms with Crippen LogP contribution in [0.15, 0.2) is 185 Å². The minimum absolute atomic E-state index is 0.411. The predicted octanol–water partition coefficient (Wildman–Crippen LogP) is 14.7. The van der Waals surface area contributed by atoms with E-state index in [-0.39, 0.29) is 0 Å². The molecule has 15 heteroatoms. The molecule has 0 aliphatic rings. The first-order valence-corrected chi connectivity index (χ1v) is 23.2. The second-order valence-corrected chi connectivity index (χ2v) is 18.4. The molecule has 0 aliphatic heterocycles. The summed E-state index contributed by atoms with van der Waals surface area (Å²) in [6.45, 7) is 2.04. The van der Waals surface area contributed by atoms with Gasteiger partial charge in [-0.15, -0.1) is 0 Å². The number of halogens is 6. The molecule has 6 aromatic carbocycles. The van der Waals surface area contributed by atoms with Gasteiger partial charge in [0.25, 0.3) is 0 Å². The van der Waals surface area contributed by atoms with Crippen LogP contribution < -0.4 is 0 Å². The summed E-state index contributed by atoms with van der Waals surface area (Å²) in [6.07, 6.45) is -3.45. The first kappa shape index (κ1) is 45.3. The van der Waals surface area contributed by atoms with E-state index in [2.05, 4.69) is 6.07 Å². The quantitative estimate of drug-likeness (QED) is 0.0994. The van der Waals surface area contributed by atoms with Crippen LogP contribution in [0, 0.1) is 6.92 Å². The predicted molar refractivity (Wildman–Crippen MR) is 242 cm³/mol. The first-order valence-electron chi connectivity index (χ1n) is 19.3. The van der Waals surface area contributed by atoms with Crippen molar-refractivity contribution in [2.45, 2.75) is 46.0 Å². The van der Waals surface area contributed by atoms with Crippen molar-refractivity contribution >= 4 is 34.1 Å². The van der Waals surface area contributed by atoms with E-state index in [1.54, 1.807) is 18.2 Å². The van der Waals surface area contributed by atoms with Crippen molar-refractivity contribution in [3.63, 3.8) is 0 Å². The number of aryl methyl sites for hydroxylation is 1. The van der Waals surface area contributed by atoms with Gasteiger partial charge in [-0.2, -0.15) is 36.9 Å². The molecule has 63 heavy (non-hydrogen) atoms. The lowest BCUT2D eigenvalue weighted by Gasteiger charge is -2.27. The summed E-state index contributed by atoms with van der Waals surface area (Å²) in [5.74, 6) is 0.946. The molecule has 8 rings (SSSR count). The van der Waals surface area contributed by atoms with Crippen molar-refractivity contribution in [3.8, 4) is 33.9 Å². The van der Waals surface area contributed by atoms with Crippen LogP contribution in [0.5, 0.6) is 0 Å². The highest BCUT2D eigenvalue weighted by Crippen LogP contribution is 2.45. The van der Waals surface area contributed by atoms with E-state index in [1.807, 2.05) is 113 Å². The van der Waals surface area contributed by atoms with Crippen molar-refractivity contribution in [3.05, 3.63) is 198 Å². The molecule has 0 saturated carbocycles. The van der Waals surface area contributed by atoms with Gasteiger partial charge in [0.2, 0.25) is 0 Å². The number of aromatic nitrogens is 4. The Hall–Kier alpha value is -5.71. The fourth-order valence-corrected chi connectivity index (χ4v) is 8.90. The number of rotatable bonds is 11. The van der Waals surface area contributed by atoms with Crippen molar-refractivity contribution in [1.82, 2.24) is 19.1 Å². The summed E-state index contributed by atoms with van der Waals surface area (Å²) in [4.78, 5) is 9.96. The molecule has 0 spiro atoms. The Morgan fingerprint density at radius 1 is 0.524 bits per heavy atom. The second-order valence-electron chi connectivity index (χ2n) is 14.4. The van der Waals surface area contributed by atoms with Gasteiger partial charge in [0, 0.05) is 52.7 Å². The van der Waals surface area contributed by atoms with Gasteiger partial charge in [-0.05, 0) is 78.2 Å². The number of hydrogen-bond acceptors (Lipinski definition) is 6. The summed E-state index contributed by atoms with van der Waals surface area (Å²) in [5, 5.41) is 1.43. The first-order chi connectivity index (χ1) is 30.0. The maximum absolute atomic E-state index is 12.8.